The van der Waals surface area contributed by atoms with Gasteiger partial charge in [0.2, 0.25) is 0 Å². The van der Waals surface area contributed by atoms with Crippen LogP contribution < -0.4 is 0 Å². The number of hydrogen-bond donors (Lipinski definition) is 0. The van der Waals surface area contributed by atoms with E-state index < -0.39 is 23.2 Å². The highest BCUT2D eigenvalue weighted by atomic mass is 79.9. The highest BCUT2D eigenvalue weighted by Crippen LogP contribution is 2.19. The Labute approximate surface area is 116 Å². The molecule has 1 nitrogen and oxygen atoms in total. The van der Waals surface area contributed by atoms with Gasteiger partial charge in [0.05, 0.1) is 10.0 Å². The van der Waals surface area contributed by atoms with E-state index >= 15 is 0 Å². The molecule has 0 aliphatic carbocycles. The number of halogens is 4. The number of carbonyl (C=O) groups excluding carboxylic acids is 1. The van der Waals surface area contributed by atoms with Crippen LogP contribution in [0.1, 0.15) is 15.9 Å². The van der Waals surface area contributed by atoms with Crippen molar-refractivity contribution in [2.75, 3.05) is 0 Å². The van der Waals surface area contributed by atoms with Crippen LogP contribution in [0.5, 0.6) is 0 Å². The van der Waals surface area contributed by atoms with Gasteiger partial charge in [0.1, 0.15) is 5.82 Å². The van der Waals surface area contributed by atoms with Crippen LogP contribution in [0, 0.1) is 17.5 Å². The van der Waals surface area contributed by atoms with Crippen LogP contribution in [0.25, 0.3) is 0 Å². The minimum absolute atomic E-state index is 0.126. The number of benzene rings is 2. The van der Waals surface area contributed by atoms with E-state index in [1.165, 1.54) is 30.3 Å². The molecule has 5 heteroatoms. The largest absolute Gasteiger partial charge is 0.294 e. The maximum absolute atomic E-state index is 13.4. The molecule has 0 N–H and O–H groups in total. The SMILES string of the molecule is O=C(Cc1ccc(F)c(Br)c1)c1cccc(F)c1F. The minimum atomic E-state index is -1.16. The number of Topliss-reactive ketones (excluding diaryl/α,β-unsaturated/α-hetero) is 1. The molecule has 2 aromatic rings. The van der Waals surface area contributed by atoms with Crippen molar-refractivity contribution < 1.29 is 18.0 Å². The van der Waals surface area contributed by atoms with Gasteiger partial charge in [0, 0.05) is 6.42 Å². The van der Waals surface area contributed by atoms with Crippen LogP contribution in [0.4, 0.5) is 13.2 Å². The molecule has 0 saturated heterocycles. The van der Waals surface area contributed by atoms with Crippen LogP contribution in [0.3, 0.4) is 0 Å². The second-order valence-corrected chi connectivity index (χ2v) is 4.80. The van der Waals surface area contributed by atoms with Crippen LogP contribution >= 0.6 is 15.9 Å². The molecule has 0 unspecified atom stereocenters. The summed E-state index contributed by atoms with van der Waals surface area (Å²) >= 11 is 3.00. The van der Waals surface area contributed by atoms with Gasteiger partial charge in [-0.2, -0.15) is 0 Å². The van der Waals surface area contributed by atoms with E-state index in [1.54, 1.807) is 0 Å². The maximum Gasteiger partial charge on any atom is 0.170 e. The predicted octanol–water partition coefficient (Wildman–Crippen LogP) is 4.29. The highest BCUT2D eigenvalue weighted by molar-refractivity contribution is 9.10. The van der Waals surface area contributed by atoms with Crippen LogP contribution in [0.15, 0.2) is 40.9 Å². The third kappa shape index (κ3) is 3.04. The zero-order chi connectivity index (χ0) is 14.0. The minimum Gasteiger partial charge on any atom is -0.294 e. The summed E-state index contributed by atoms with van der Waals surface area (Å²) in [5.74, 6) is -3.23. The Kier molecular flexibility index (Phi) is 4.04. The summed E-state index contributed by atoms with van der Waals surface area (Å²) in [5, 5.41) is 0. The summed E-state index contributed by atoms with van der Waals surface area (Å²) in [6.45, 7) is 0. The van der Waals surface area contributed by atoms with E-state index in [4.69, 9.17) is 0 Å². The van der Waals surface area contributed by atoms with Gasteiger partial charge in [-0.15, -0.1) is 0 Å². The second-order valence-electron chi connectivity index (χ2n) is 3.95. The zero-order valence-corrected chi connectivity index (χ0v) is 11.2. The van der Waals surface area contributed by atoms with Crippen molar-refractivity contribution >= 4 is 21.7 Å². The van der Waals surface area contributed by atoms with Gasteiger partial charge in [0.25, 0.3) is 0 Å². The summed E-state index contributed by atoms with van der Waals surface area (Å²) in [5.41, 5.74) is 0.211. The summed E-state index contributed by atoms with van der Waals surface area (Å²) in [4.78, 5) is 11.9. The first-order valence-corrected chi connectivity index (χ1v) is 6.19. The zero-order valence-electron chi connectivity index (χ0n) is 9.59. The van der Waals surface area contributed by atoms with E-state index in [0.29, 0.717) is 5.56 Å². The molecule has 0 spiro atoms. The Morgan fingerprint density at radius 1 is 1.05 bits per heavy atom. The van der Waals surface area contributed by atoms with Crippen molar-refractivity contribution in [2.45, 2.75) is 6.42 Å². The quantitative estimate of drug-likeness (QED) is 0.768. The fourth-order valence-electron chi connectivity index (χ4n) is 1.65. The Morgan fingerprint density at radius 3 is 2.47 bits per heavy atom. The van der Waals surface area contributed by atoms with Crippen molar-refractivity contribution in [3.63, 3.8) is 0 Å². The fourth-order valence-corrected chi connectivity index (χ4v) is 2.08. The lowest BCUT2D eigenvalue weighted by molar-refractivity contribution is 0.0988. The molecule has 0 atom stereocenters. The predicted molar refractivity (Wildman–Crippen MR) is 68.5 cm³/mol. The van der Waals surface area contributed by atoms with Crippen LogP contribution in [-0.2, 0) is 6.42 Å². The van der Waals surface area contributed by atoms with Crippen LogP contribution in [0.2, 0.25) is 0 Å². The Hall–Kier alpha value is -1.62. The molecule has 0 aliphatic heterocycles. The first-order chi connectivity index (χ1) is 8.99. The summed E-state index contributed by atoms with van der Waals surface area (Å²) < 4.78 is 39.7. The Bertz CT molecular complexity index is 641. The van der Waals surface area contributed by atoms with E-state index in [0.717, 1.165) is 6.07 Å². The second kappa shape index (κ2) is 5.57. The third-order valence-electron chi connectivity index (χ3n) is 2.60. The normalized spacial score (nSPS) is 10.5. The fraction of sp³-hybridized carbons (Fsp3) is 0.0714. The third-order valence-corrected chi connectivity index (χ3v) is 3.21. The van der Waals surface area contributed by atoms with Gasteiger partial charge in [0.15, 0.2) is 17.4 Å². The van der Waals surface area contributed by atoms with Crippen molar-refractivity contribution in [2.24, 2.45) is 0 Å². The molecule has 0 bridgehead atoms. The van der Waals surface area contributed by atoms with Crippen molar-refractivity contribution in [3.8, 4) is 0 Å². The summed E-state index contributed by atoms with van der Waals surface area (Å²) in [7, 11) is 0. The number of ketones is 1. The van der Waals surface area contributed by atoms with Gasteiger partial charge < -0.3 is 0 Å². The van der Waals surface area contributed by atoms with Crippen molar-refractivity contribution in [1.29, 1.82) is 0 Å². The lowest BCUT2D eigenvalue weighted by atomic mass is 10.0. The average molecular weight is 329 g/mol. The smallest absolute Gasteiger partial charge is 0.170 e. The summed E-state index contributed by atoms with van der Waals surface area (Å²) in [6, 6.07) is 7.50. The van der Waals surface area contributed by atoms with E-state index in [9.17, 15) is 18.0 Å². The van der Waals surface area contributed by atoms with E-state index in [1.807, 2.05) is 0 Å². The van der Waals surface area contributed by atoms with Gasteiger partial charge >= 0.3 is 0 Å². The van der Waals surface area contributed by atoms with Gasteiger partial charge in [-0.05, 0) is 45.8 Å². The van der Waals surface area contributed by atoms with E-state index in [-0.39, 0.29) is 16.5 Å². The monoisotopic (exact) mass is 328 g/mol. The molecule has 0 aliphatic rings. The van der Waals surface area contributed by atoms with E-state index in [2.05, 4.69) is 15.9 Å². The molecule has 0 aromatic heterocycles. The molecule has 0 radical (unpaired) electrons. The Morgan fingerprint density at radius 2 is 1.79 bits per heavy atom. The molecule has 98 valence electrons. The van der Waals surface area contributed by atoms with Gasteiger partial charge in [-0.1, -0.05) is 12.1 Å². The first kappa shape index (κ1) is 13.8. The average Bonchev–Trinajstić information content (AvgIpc) is 2.37. The number of carbonyl (C=O) groups is 1. The lowest BCUT2D eigenvalue weighted by Crippen LogP contribution is -2.07. The van der Waals surface area contributed by atoms with Gasteiger partial charge in [-0.3, -0.25) is 4.79 Å². The molecule has 2 aromatic carbocycles. The molecule has 0 heterocycles. The molecule has 2 rings (SSSR count). The van der Waals surface area contributed by atoms with Crippen molar-refractivity contribution in [1.82, 2.24) is 0 Å². The standard InChI is InChI=1S/C14H8BrF3O/c15-10-6-8(4-5-11(10)16)7-13(19)9-2-1-3-12(17)14(9)18/h1-6H,7H2. The molecule has 19 heavy (non-hydrogen) atoms. The number of rotatable bonds is 3. The van der Waals surface area contributed by atoms with Crippen molar-refractivity contribution in [3.05, 3.63) is 69.4 Å². The van der Waals surface area contributed by atoms with Crippen LogP contribution in [-0.4, -0.2) is 5.78 Å². The lowest BCUT2D eigenvalue weighted by Gasteiger charge is -2.04. The Balaban J connectivity index is 2.26. The molecule has 0 saturated carbocycles. The maximum atomic E-state index is 13.4. The highest BCUT2D eigenvalue weighted by Gasteiger charge is 2.15. The molecular formula is C14H8BrF3O. The number of hydrogen-bond acceptors (Lipinski definition) is 1. The molecule has 0 fully saturated rings. The van der Waals surface area contributed by atoms with Gasteiger partial charge in [-0.25, -0.2) is 13.2 Å². The first-order valence-electron chi connectivity index (χ1n) is 5.40. The molecule has 0 amide bonds. The summed E-state index contributed by atoms with van der Waals surface area (Å²) in [6.07, 6.45) is -0.126. The molecular weight excluding hydrogens is 321 g/mol. The topological polar surface area (TPSA) is 17.1 Å².